The zero-order chi connectivity index (χ0) is 13.1. The maximum atomic E-state index is 12.2. The minimum atomic E-state index is 0.137. The van der Waals surface area contributed by atoms with Gasteiger partial charge in [0.2, 0.25) is 0 Å². The van der Waals surface area contributed by atoms with Crippen molar-refractivity contribution >= 4 is 37.6 Å². The number of hydrogen-bond acceptors (Lipinski definition) is 1. The van der Waals surface area contributed by atoms with Crippen molar-refractivity contribution in [1.82, 2.24) is 0 Å². The Morgan fingerprint density at radius 3 is 2.50 bits per heavy atom. The molecule has 0 amide bonds. The Kier molecular flexibility index (Phi) is 4.36. The second kappa shape index (κ2) is 5.81. The Bertz CT molecular complexity index is 571. The Morgan fingerprint density at radius 1 is 1.06 bits per heavy atom. The van der Waals surface area contributed by atoms with Gasteiger partial charge in [-0.3, -0.25) is 4.79 Å². The zero-order valence-electron chi connectivity index (χ0n) is 9.91. The van der Waals surface area contributed by atoms with Gasteiger partial charge in [0.25, 0.3) is 0 Å². The summed E-state index contributed by atoms with van der Waals surface area (Å²) in [6.07, 6.45) is 0.426. The molecule has 0 saturated heterocycles. The molecule has 0 bridgehead atoms. The third-order valence-electron chi connectivity index (χ3n) is 2.62. The number of carbonyl (C=O) groups is 1. The average molecular weight is 368 g/mol. The lowest BCUT2D eigenvalue weighted by Crippen LogP contribution is -2.04. The fourth-order valence-corrected chi connectivity index (χ4v) is 2.89. The van der Waals surface area contributed by atoms with Crippen molar-refractivity contribution < 1.29 is 4.79 Å². The van der Waals surface area contributed by atoms with E-state index in [1.807, 2.05) is 49.4 Å². The maximum Gasteiger partial charge on any atom is 0.167 e. The molecule has 0 atom stereocenters. The normalized spacial score (nSPS) is 10.4. The van der Waals surface area contributed by atoms with Gasteiger partial charge in [-0.05, 0) is 48.4 Å². The number of carbonyl (C=O) groups excluding carboxylic acids is 1. The molecule has 0 spiro atoms. The molecule has 0 aliphatic rings. The van der Waals surface area contributed by atoms with E-state index in [0.717, 1.165) is 25.6 Å². The third-order valence-corrected chi connectivity index (χ3v) is 3.57. The first-order valence-corrected chi connectivity index (χ1v) is 7.18. The highest BCUT2D eigenvalue weighted by Gasteiger charge is 2.08. The van der Waals surface area contributed by atoms with E-state index < -0.39 is 0 Å². The van der Waals surface area contributed by atoms with Crippen molar-refractivity contribution in [2.24, 2.45) is 0 Å². The van der Waals surface area contributed by atoms with Crippen molar-refractivity contribution in [2.45, 2.75) is 13.3 Å². The molecule has 0 aromatic heterocycles. The summed E-state index contributed by atoms with van der Waals surface area (Å²) in [5.74, 6) is 0.137. The molecule has 0 N–H and O–H groups in total. The van der Waals surface area contributed by atoms with Gasteiger partial charge in [0, 0.05) is 20.9 Å². The average Bonchev–Trinajstić information content (AvgIpc) is 2.27. The number of benzene rings is 2. The van der Waals surface area contributed by atoms with E-state index in [2.05, 4.69) is 31.9 Å². The lowest BCUT2D eigenvalue weighted by Gasteiger charge is -2.04. The smallest absolute Gasteiger partial charge is 0.167 e. The van der Waals surface area contributed by atoms with Crippen LogP contribution in [0, 0.1) is 6.92 Å². The number of ketones is 1. The van der Waals surface area contributed by atoms with Gasteiger partial charge >= 0.3 is 0 Å². The van der Waals surface area contributed by atoms with Crippen molar-refractivity contribution in [3.63, 3.8) is 0 Å². The number of aryl methyl sites for hydroxylation is 1. The highest BCUT2D eigenvalue weighted by atomic mass is 79.9. The quantitative estimate of drug-likeness (QED) is 0.701. The molecule has 0 saturated carbocycles. The van der Waals surface area contributed by atoms with Crippen LogP contribution in [0.25, 0.3) is 0 Å². The summed E-state index contributed by atoms with van der Waals surface area (Å²) in [6.45, 7) is 1.99. The monoisotopic (exact) mass is 366 g/mol. The van der Waals surface area contributed by atoms with Crippen LogP contribution in [0.5, 0.6) is 0 Å². The fraction of sp³-hybridized carbons (Fsp3) is 0.133. The fourth-order valence-electron chi connectivity index (χ4n) is 1.83. The first-order valence-electron chi connectivity index (χ1n) is 5.59. The van der Waals surface area contributed by atoms with Gasteiger partial charge in [-0.15, -0.1) is 0 Å². The molecule has 1 nitrogen and oxygen atoms in total. The van der Waals surface area contributed by atoms with Crippen molar-refractivity contribution in [3.05, 3.63) is 68.1 Å². The second-order valence-electron chi connectivity index (χ2n) is 4.25. The highest BCUT2D eigenvalue weighted by molar-refractivity contribution is 9.10. The first kappa shape index (κ1) is 13.5. The Balaban J connectivity index is 2.22. The minimum Gasteiger partial charge on any atom is -0.294 e. The molecule has 2 aromatic carbocycles. The molecular formula is C15H12Br2O. The molecule has 0 radical (unpaired) electrons. The molecule has 2 rings (SSSR count). The molecule has 0 aliphatic carbocycles. The van der Waals surface area contributed by atoms with Crippen LogP contribution in [0.3, 0.4) is 0 Å². The van der Waals surface area contributed by atoms with E-state index in [1.165, 1.54) is 0 Å². The summed E-state index contributed by atoms with van der Waals surface area (Å²) in [6, 6.07) is 13.6. The second-order valence-corrected chi connectivity index (χ2v) is 6.08. The topological polar surface area (TPSA) is 17.1 Å². The highest BCUT2D eigenvalue weighted by Crippen LogP contribution is 2.18. The maximum absolute atomic E-state index is 12.2. The van der Waals surface area contributed by atoms with Gasteiger partial charge in [-0.2, -0.15) is 0 Å². The molecule has 0 unspecified atom stereocenters. The van der Waals surface area contributed by atoms with Gasteiger partial charge in [0.1, 0.15) is 0 Å². The molecule has 18 heavy (non-hydrogen) atoms. The van der Waals surface area contributed by atoms with Crippen LogP contribution in [0.4, 0.5) is 0 Å². The van der Waals surface area contributed by atoms with Crippen LogP contribution in [-0.2, 0) is 6.42 Å². The number of hydrogen-bond donors (Lipinski definition) is 0. The van der Waals surface area contributed by atoms with Gasteiger partial charge in [-0.25, -0.2) is 0 Å². The minimum absolute atomic E-state index is 0.137. The first-order chi connectivity index (χ1) is 8.54. The van der Waals surface area contributed by atoms with Gasteiger partial charge in [0.05, 0.1) is 0 Å². The summed E-state index contributed by atoms with van der Waals surface area (Å²) in [4.78, 5) is 12.2. The van der Waals surface area contributed by atoms with Crippen LogP contribution in [0.2, 0.25) is 0 Å². The van der Waals surface area contributed by atoms with E-state index in [4.69, 9.17) is 0 Å². The molecule has 0 aliphatic heterocycles. The summed E-state index contributed by atoms with van der Waals surface area (Å²) in [5, 5.41) is 0. The van der Waals surface area contributed by atoms with Crippen LogP contribution >= 0.6 is 31.9 Å². The van der Waals surface area contributed by atoms with E-state index in [9.17, 15) is 4.79 Å². The number of Topliss-reactive ketones (excluding diaryl/α,β-unsaturated/α-hetero) is 1. The number of halogens is 2. The van der Waals surface area contributed by atoms with Crippen LogP contribution in [-0.4, -0.2) is 5.78 Å². The van der Waals surface area contributed by atoms with Crippen molar-refractivity contribution in [2.75, 3.05) is 0 Å². The SMILES string of the molecule is Cc1cc(Br)cc(C(=O)Cc2cccc(Br)c2)c1. The lowest BCUT2D eigenvalue weighted by molar-refractivity contribution is 0.0993. The van der Waals surface area contributed by atoms with Crippen LogP contribution in [0.15, 0.2) is 51.4 Å². The molecule has 2 aromatic rings. The molecule has 0 fully saturated rings. The lowest BCUT2D eigenvalue weighted by atomic mass is 10.0. The molecule has 0 heterocycles. The Hall–Kier alpha value is -0.930. The van der Waals surface area contributed by atoms with E-state index in [-0.39, 0.29) is 5.78 Å². The summed E-state index contributed by atoms with van der Waals surface area (Å²) < 4.78 is 1.94. The van der Waals surface area contributed by atoms with Crippen molar-refractivity contribution in [1.29, 1.82) is 0 Å². The third kappa shape index (κ3) is 3.53. The van der Waals surface area contributed by atoms with Crippen molar-refractivity contribution in [3.8, 4) is 0 Å². The predicted octanol–water partition coefficient (Wildman–Crippen LogP) is 4.95. The predicted molar refractivity (Wildman–Crippen MR) is 81.1 cm³/mol. The summed E-state index contributed by atoms with van der Waals surface area (Å²) in [7, 11) is 0. The van der Waals surface area contributed by atoms with E-state index in [0.29, 0.717) is 6.42 Å². The van der Waals surface area contributed by atoms with Gasteiger partial charge < -0.3 is 0 Å². The molecule has 92 valence electrons. The van der Waals surface area contributed by atoms with Gasteiger partial charge in [-0.1, -0.05) is 44.0 Å². The Morgan fingerprint density at radius 2 is 1.83 bits per heavy atom. The van der Waals surface area contributed by atoms with Crippen LogP contribution < -0.4 is 0 Å². The van der Waals surface area contributed by atoms with Crippen LogP contribution in [0.1, 0.15) is 21.5 Å². The summed E-state index contributed by atoms with van der Waals surface area (Å²) in [5.41, 5.74) is 2.86. The molecular weight excluding hydrogens is 356 g/mol. The van der Waals surface area contributed by atoms with Gasteiger partial charge in [0.15, 0.2) is 5.78 Å². The Labute approximate surface area is 123 Å². The molecule has 3 heteroatoms. The summed E-state index contributed by atoms with van der Waals surface area (Å²) >= 11 is 6.83. The van der Waals surface area contributed by atoms with E-state index in [1.54, 1.807) is 0 Å². The zero-order valence-corrected chi connectivity index (χ0v) is 13.1. The largest absolute Gasteiger partial charge is 0.294 e. The van der Waals surface area contributed by atoms with E-state index >= 15 is 0 Å². The standard InChI is InChI=1S/C15H12Br2O/c1-10-5-12(9-14(17)6-10)15(18)8-11-3-2-4-13(16)7-11/h2-7,9H,8H2,1H3. The number of rotatable bonds is 3.